The van der Waals surface area contributed by atoms with Gasteiger partial charge in [0.05, 0.1) is 11.4 Å². The zero-order valence-corrected chi connectivity index (χ0v) is 22.8. The van der Waals surface area contributed by atoms with Gasteiger partial charge in [-0.1, -0.05) is 6.07 Å². The third-order valence-electron chi connectivity index (χ3n) is 6.49. The minimum absolute atomic E-state index is 0.238. The van der Waals surface area contributed by atoms with Gasteiger partial charge in [0.25, 0.3) is 0 Å². The Morgan fingerprint density at radius 1 is 1.08 bits per heavy atom. The summed E-state index contributed by atoms with van der Waals surface area (Å²) in [6, 6.07) is 4.91. The number of aryl methyl sites for hydroxylation is 1. The molecule has 0 aromatic carbocycles. The summed E-state index contributed by atoms with van der Waals surface area (Å²) < 4.78 is 66.0. The molecule has 0 radical (unpaired) electrons. The standard InChI is InChI=1S/C20H30N4S.2C2HF3O2/c1-15(2)24-16(3)21-19-18(24)13-23(12-17-6-5-11-25-17)14-20(19)7-9-22(4)10-8-20;2*3-2(4,5)1(6)7/h5-6,11,15H,7-10,12-14H2,1-4H3;2*(H,6,7). The lowest BCUT2D eigenvalue weighted by atomic mass is 9.72. The van der Waals surface area contributed by atoms with Crippen molar-refractivity contribution in [3.8, 4) is 0 Å². The first-order valence-corrected chi connectivity index (χ1v) is 12.9. The lowest BCUT2D eigenvalue weighted by molar-refractivity contribution is -0.193. The molecule has 2 N–H and O–H groups in total. The van der Waals surface area contributed by atoms with E-state index in [-0.39, 0.29) is 5.41 Å². The Hall–Kier alpha value is -2.65. The van der Waals surface area contributed by atoms with Crippen LogP contribution in [0.1, 0.15) is 54.8 Å². The van der Waals surface area contributed by atoms with Crippen molar-refractivity contribution in [2.75, 3.05) is 26.7 Å². The highest BCUT2D eigenvalue weighted by atomic mass is 32.1. The number of fused-ring (bicyclic) bond motifs is 2. The van der Waals surface area contributed by atoms with Crippen LogP contribution in [0.15, 0.2) is 17.5 Å². The maximum atomic E-state index is 10.6. The number of carbonyl (C=O) groups is 2. The molecule has 2 aliphatic rings. The number of hydrogen-bond donors (Lipinski definition) is 2. The van der Waals surface area contributed by atoms with E-state index in [4.69, 9.17) is 24.8 Å². The van der Waals surface area contributed by atoms with E-state index in [0.29, 0.717) is 6.04 Å². The van der Waals surface area contributed by atoms with E-state index in [1.165, 1.54) is 48.0 Å². The van der Waals surface area contributed by atoms with Crippen LogP contribution < -0.4 is 0 Å². The molecule has 0 aliphatic carbocycles. The molecule has 0 unspecified atom stereocenters. The van der Waals surface area contributed by atoms with Crippen LogP contribution >= 0.6 is 11.3 Å². The zero-order valence-electron chi connectivity index (χ0n) is 21.9. The molecule has 2 aliphatic heterocycles. The summed E-state index contributed by atoms with van der Waals surface area (Å²) in [4.78, 5) is 29.5. The lowest BCUT2D eigenvalue weighted by Gasteiger charge is -2.46. The Labute approximate surface area is 225 Å². The molecular weight excluding hydrogens is 554 g/mol. The molecule has 0 bridgehead atoms. The summed E-state index contributed by atoms with van der Waals surface area (Å²) in [5.41, 5.74) is 3.12. The Bertz CT molecular complexity index is 1080. The van der Waals surface area contributed by atoms with E-state index in [9.17, 15) is 26.3 Å². The van der Waals surface area contributed by atoms with Crippen molar-refractivity contribution in [2.45, 2.75) is 70.5 Å². The molecule has 2 aromatic heterocycles. The molecule has 1 saturated heterocycles. The fourth-order valence-electron chi connectivity index (χ4n) is 4.80. The van der Waals surface area contributed by atoms with Gasteiger partial charge in [-0.15, -0.1) is 11.3 Å². The number of halogens is 6. The predicted molar refractivity (Wildman–Crippen MR) is 132 cm³/mol. The second-order valence-electron chi connectivity index (χ2n) is 9.83. The molecule has 1 fully saturated rings. The number of hydrogen-bond acceptors (Lipinski definition) is 6. The summed E-state index contributed by atoms with van der Waals surface area (Å²) in [7, 11) is 2.25. The first-order valence-electron chi connectivity index (χ1n) is 12.0. The van der Waals surface area contributed by atoms with Gasteiger partial charge >= 0.3 is 24.3 Å². The second-order valence-corrected chi connectivity index (χ2v) is 10.9. The Balaban J connectivity index is 0.000000317. The number of thiophene rings is 1. The summed E-state index contributed by atoms with van der Waals surface area (Å²) >= 11 is 1.88. The van der Waals surface area contributed by atoms with E-state index in [1.54, 1.807) is 0 Å². The highest BCUT2D eigenvalue weighted by molar-refractivity contribution is 7.09. The molecule has 0 atom stereocenters. The third-order valence-corrected chi connectivity index (χ3v) is 7.35. The van der Waals surface area contributed by atoms with Crippen molar-refractivity contribution in [1.82, 2.24) is 19.4 Å². The van der Waals surface area contributed by atoms with E-state index in [0.717, 1.165) is 19.6 Å². The van der Waals surface area contributed by atoms with Gasteiger partial charge in [-0.3, -0.25) is 4.90 Å². The number of nitrogens with zero attached hydrogens (tertiary/aromatic N) is 4. The number of carboxylic acid groups (broad SMARTS) is 2. The fraction of sp³-hybridized carbons (Fsp3) is 0.625. The molecule has 15 heteroatoms. The molecule has 0 amide bonds. The van der Waals surface area contributed by atoms with Crippen LogP contribution in [0.25, 0.3) is 0 Å². The number of carboxylic acids is 2. The minimum Gasteiger partial charge on any atom is -0.475 e. The minimum atomic E-state index is -5.08. The second kappa shape index (κ2) is 12.7. The summed E-state index contributed by atoms with van der Waals surface area (Å²) in [6.07, 6.45) is -7.71. The number of imidazole rings is 1. The first kappa shape index (κ1) is 32.6. The van der Waals surface area contributed by atoms with Crippen LogP contribution in [0.5, 0.6) is 0 Å². The monoisotopic (exact) mass is 586 g/mol. The molecule has 4 heterocycles. The number of rotatable bonds is 3. The number of aromatic nitrogens is 2. The van der Waals surface area contributed by atoms with Gasteiger partial charge in [0, 0.05) is 36.0 Å². The van der Waals surface area contributed by atoms with Gasteiger partial charge in [-0.25, -0.2) is 14.6 Å². The maximum absolute atomic E-state index is 10.6. The van der Waals surface area contributed by atoms with Crippen molar-refractivity contribution in [3.05, 3.63) is 39.6 Å². The van der Waals surface area contributed by atoms with Gasteiger partial charge in [0.1, 0.15) is 5.82 Å². The number of likely N-dealkylation sites (tertiary alicyclic amines) is 1. The van der Waals surface area contributed by atoms with Crippen LogP contribution in [-0.2, 0) is 28.1 Å². The zero-order chi connectivity index (χ0) is 29.8. The van der Waals surface area contributed by atoms with Gasteiger partial charge < -0.3 is 19.7 Å². The normalized spacial score (nSPS) is 17.6. The van der Waals surface area contributed by atoms with Crippen LogP contribution in [0.4, 0.5) is 26.3 Å². The van der Waals surface area contributed by atoms with Crippen LogP contribution in [-0.4, -0.2) is 80.5 Å². The Morgan fingerprint density at radius 2 is 1.59 bits per heavy atom. The smallest absolute Gasteiger partial charge is 0.475 e. The maximum Gasteiger partial charge on any atom is 0.490 e. The largest absolute Gasteiger partial charge is 0.490 e. The molecule has 220 valence electrons. The van der Waals surface area contributed by atoms with Crippen molar-refractivity contribution >= 4 is 23.3 Å². The van der Waals surface area contributed by atoms with Crippen LogP contribution in [0.2, 0.25) is 0 Å². The molecule has 1 spiro atoms. The average Bonchev–Trinajstić information content (AvgIpc) is 3.43. The van der Waals surface area contributed by atoms with Crippen LogP contribution in [0, 0.1) is 6.92 Å². The average molecular weight is 587 g/mol. The summed E-state index contributed by atoms with van der Waals surface area (Å²) in [6.45, 7) is 12.4. The van der Waals surface area contributed by atoms with Gasteiger partial charge in [0.2, 0.25) is 0 Å². The summed E-state index contributed by atoms with van der Waals surface area (Å²) in [5, 5.41) is 16.4. The SMILES string of the molecule is Cc1nc2c(n1C(C)C)CN(Cc1cccs1)CC21CCN(C)CC1.O=C(O)C(F)(F)F.O=C(O)C(F)(F)F. The van der Waals surface area contributed by atoms with Crippen LogP contribution in [0.3, 0.4) is 0 Å². The fourth-order valence-corrected chi connectivity index (χ4v) is 5.54. The Morgan fingerprint density at radius 3 is 2.00 bits per heavy atom. The van der Waals surface area contributed by atoms with E-state index in [2.05, 4.69) is 59.7 Å². The molecule has 8 nitrogen and oxygen atoms in total. The summed E-state index contributed by atoms with van der Waals surface area (Å²) in [5.74, 6) is -4.32. The van der Waals surface area contributed by atoms with Gasteiger partial charge in [-0.05, 0) is 65.2 Å². The van der Waals surface area contributed by atoms with Crippen molar-refractivity contribution < 1.29 is 46.1 Å². The van der Waals surface area contributed by atoms with Gasteiger partial charge in [0.15, 0.2) is 0 Å². The quantitative estimate of drug-likeness (QED) is 0.484. The van der Waals surface area contributed by atoms with Gasteiger partial charge in [-0.2, -0.15) is 26.3 Å². The van der Waals surface area contributed by atoms with Crippen molar-refractivity contribution in [2.24, 2.45) is 0 Å². The molecule has 4 rings (SSSR count). The van der Waals surface area contributed by atoms with E-state index >= 15 is 0 Å². The molecular formula is C24H32F6N4O4S. The Kier molecular flexibility index (Phi) is 10.6. The lowest BCUT2D eigenvalue weighted by Crippen LogP contribution is -2.51. The van der Waals surface area contributed by atoms with E-state index < -0.39 is 24.3 Å². The highest BCUT2D eigenvalue weighted by Gasteiger charge is 2.45. The van der Waals surface area contributed by atoms with E-state index in [1.807, 2.05) is 11.3 Å². The number of alkyl halides is 6. The molecule has 0 saturated carbocycles. The molecule has 2 aromatic rings. The third kappa shape index (κ3) is 8.67. The first-order chi connectivity index (χ1) is 17.9. The topological polar surface area (TPSA) is 98.9 Å². The number of piperidine rings is 1. The van der Waals surface area contributed by atoms with Crippen molar-refractivity contribution in [1.29, 1.82) is 0 Å². The predicted octanol–water partition coefficient (Wildman–Crippen LogP) is 5.08. The molecule has 39 heavy (non-hydrogen) atoms. The van der Waals surface area contributed by atoms with Crippen molar-refractivity contribution in [3.63, 3.8) is 0 Å². The highest BCUT2D eigenvalue weighted by Crippen LogP contribution is 2.42. The number of aliphatic carboxylic acids is 2.